The Morgan fingerprint density at radius 2 is 2.00 bits per heavy atom. The Labute approximate surface area is 99.7 Å². The van der Waals surface area contributed by atoms with Gasteiger partial charge in [-0.05, 0) is 33.0 Å². The molecular weight excluding hydrogens is 202 g/mol. The van der Waals surface area contributed by atoms with Crippen molar-refractivity contribution >= 4 is 0 Å². The molecule has 0 saturated carbocycles. The number of nitrogens with zero attached hydrogens (tertiary/aromatic N) is 2. The van der Waals surface area contributed by atoms with E-state index in [0.29, 0.717) is 0 Å². The summed E-state index contributed by atoms with van der Waals surface area (Å²) in [5.74, 6) is 0. The molecule has 0 spiro atoms. The van der Waals surface area contributed by atoms with Crippen molar-refractivity contribution in [3.8, 4) is 0 Å². The highest BCUT2D eigenvalue weighted by atomic mass is 16.3. The van der Waals surface area contributed by atoms with E-state index in [0.717, 1.165) is 19.6 Å². The largest absolute Gasteiger partial charge is 0.431 e. The second-order valence-electron chi connectivity index (χ2n) is 4.26. The zero-order chi connectivity index (χ0) is 12.7. The van der Waals surface area contributed by atoms with Gasteiger partial charge >= 0.3 is 0 Å². The molecule has 16 heavy (non-hydrogen) atoms. The van der Waals surface area contributed by atoms with Gasteiger partial charge in [0, 0.05) is 20.0 Å². The predicted octanol–water partition coefficient (Wildman–Crippen LogP) is 0.562. The Morgan fingerprint density at radius 1 is 1.44 bits per heavy atom. The van der Waals surface area contributed by atoms with Gasteiger partial charge in [0.05, 0.1) is 6.17 Å². The molecule has 0 aliphatic rings. The maximum Gasteiger partial charge on any atom is 0.209 e. The monoisotopic (exact) mass is 230 g/mol. The molecular formula is C12H28N3O+. The van der Waals surface area contributed by atoms with Crippen molar-refractivity contribution in [1.82, 2.24) is 9.80 Å². The quantitative estimate of drug-likeness (QED) is 0.395. The Bertz CT molecular complexity index is 216. The lowest BCUT2D eigenvalue weighted by Crippen LogP contribution is -2.46. The molecule has 2 atom stereocenters. The van der Waals surface area contributed by atoms with Gasteiger partial charge < -0.3 is 10.8 Å². The highest BCUT2D eigenvalue weighted by molar-refractivity contribution is 5.04. The minimum absolute atomic E-state index is 0.00411. The van der Waals surface area contributed by atoms with Gasteiger partial charge in [-0.2, -0.15) is 0 Å². The van der Waals surface area contributed by atoms with E-state index in [4.69, 9.17) is 10.8 Å². The number of nitrogens with two attached hydrogens (primary N) is 1. The Hall–Kier alpha value is -0.420. The van der Waals surface area contributed by atoms with Gasteiger partial charge in [0.1, 0.15) is 0 Å². The maximum atomic E-state index is 7.58. The first-order chi connectivity index (χ1) is 7.43. The average molecular weight is 230 g/mol. The molecule has 0 aromatic carbocycles. The molecule has 0 aliphatic carbocycles. The molecule has 1 unspecified atom stereocenters. The first kappa shape index (κ1) is 15.6. The summed E-state index contributed by atoms with van der Waals surface area (Å²) in [7, 11) is 1.97. The van der Waals surface area contributed by atoms with Crippen molar-refractivity contribution in [1.29, 1.82) is 0 Å². The summed E-state index contributed by atoms with van der Waals surface area (Å²) in [6, 6.07) is 0. The van der Waals surface area contributed by atoms with E-state index in [1.54, 1.807) is 0 Å². The zero-order valence-corrected chi connectivity index (χ0v) is 11.3. The van der Waals surface area contributed by atoms with E-state index in [-0.39, 0.29) is 12.4 Å². The van der Waals surface area contributed by atoms with Crippen LogP contribution in [-0.2, 0) is 0 Å². The molecule has 0 rings (SSSR count). The van der Waals surface area contributed by atoms with Gasteiger partial charge in [-0.25, -0.2) is 4.90 Å². The van der Waals surface area contributed by atoms with Crippen LogP contribution >= 0.6 is 0 Å². The average Bonchev–Trinajstić information content (AvgIpc) is 2.27. The number of rotatable bonds is 7. The lowest BCUT2D eigenvalue weighted by molar-refractivity contribution is 0.0301. The first-order valence-electron chi connectivity index (χ1n) is 5.97. The predicted molar refractivity (Wildman–Crippen MR) is 70.4 cm³/mol. The standard InChI is InChI=1S/C12H27N3O/c1-6-10(3)12(13)15(7-2)9-8-14(5)11(4)16/h6,11-12,16H,7-9,13H2,1-5H3/p+1/b10-6-/t11?,12-/m1/s1. The van der Waals surface area contributed by atoms with Crippen LogP contribution in [0.25, 0.3) is 0 Å². The third-order valence-corrected chi connectivity index (χ3v) is 3.12. The van der Waals surface area contributed by atoms with Crippen molar-refractivity contribution in [2.24, 2.45) is 5.73 Å². The van der Waals surface area contributed by atoms with Crippen LogP contribution in [-0.4, -0.2) is 54.0 Å². The van der Waals surface area contributed by atoms with Crippen molar-refractivity contribution in [2.45, 2.75) is 40.1 Å². The lowest BCUT2D eigenvalue weighted by atomic mass is 10.2. The summed E-state index contributed by atoms with van der Waals surface area (Å²) in [6.45, 7) is 10.8. The van der Waals surface area contributed by atoms with E-state index >= 15 is 0 Å². The SMILES string of the molecule is C/C=C(/C)[C@H](N)N(CC)CCN(C)C(C)[OH2+]. The normalized spacial score (nSPS) is 16.9. The van der Waals surface area contributed by atoms with Crippen LogP contribution < -0.4 is 5.73 Å². The molecule has 0 aromatic rings. The molecule has 0 heterocycles. The fourth-order valence-electron chi connectivity index (χ4n) is 1.43. The van der Waals surface area contributed by atoms with Crippen molar-refractivity contribution < 1.29 is 5.11 Å². The van der Waals surface area contributed by atoms with E-state index in [1.165, 1.54) is 5.57 Å². The molecule has 4 heteroatoms. The third-order valence-electron chi connectivity index (χ3n) is 3.12. The number of allylic oxidation sites excluding steroid dienone is 1. The molecule has 0 fully saturated rings. The third kappa shape index (κ3) is 5.07. The first-order valence-corrected chi connectivity index (χ1v) is 5.97. The van der Waals surface area contributed by atoms with Gasteiger partial charge in [-0.1, -0.05) is 13.0 Å². The molecule has 0 radical (unpaired) electrons. The molecule has 96 valence electrons. The van der Waals surface area contributed by atoms with Gasteiger partial charge in [0.25, 0.3) is 0 Å². The van der Waals surface area contributed by atoms with Crippen LogP contribution in [0.5, 0.6) is 0 Å². The molecule has 4 N–H and O–H groups in total. The lowest BCUT2D eigenvalue weighted by Gasteiger charge is -2.30. The van der Waals surface area contributed by atoms with E-state index < -0.39 is 0 Å². The second-order valence-corrected chi connectivity index (χ2v) is 4.26. The Kier molecular flexibility index (Phi) is 7.58. The van der Waals surface area contributed by atoms with E-state index in [9.17, 15) is 0 Å². The summed E-state index contributed by atoms with van der Waals surface area (Å²) < 4.78 is 0. The smallest absolute Gasteiger partial charge is 0.209 e. The van der Waals surface area contributed by atoms with Crippen molar-refractivity contribution in [3.63, 3.8) is 0 Å². The summed E-state index contributed by atoms with van der Waals surface area (Å²) in [5, 5.41) is 7.58. The number of hydrogen-bond acceptors (Lipinski definition) is 3. The topological polar surface area (TPSA) is 55.4 Å². The van der Waals surface area contributed by atoms with Crippen LogP contribution in [0.15, 0.2) is 11.6 Å². The summed E-state index contributed by atoms with van der Waals surface area (Å²) in [5.41, 5.74) is 7.33. The van der Waals surface area contributed by atoms with Crippen molar-refractivity contribution in [3.05, 3.63) is 11.6 Å². The van der Waals surface area contributed by atoms with E-state index in [2.05, 4.69) is 24.8 Å². The molecule has 0 saturated heterocycles. The van der Waals surface area contributed by atoms with Crippen LogP contribution in [0, 0.1) is 0 Å². The number of likely N-dealkylation sites (N-methyl/N-ethyl adjacent to an activating group) is 2. The minimum Gasteiger partial charge on any atom is -0.431 e. The van der Waals surface area contributed by atoms with E-state index in [1.807, 2.05) is 25.8 Å². The second kappa shape index (κ2) is 7.79. The van der Waals surface area contributed by atoms with Crippen molar-refractivity contribution in [2.75, 3.05) is 26.7 Å². The van der Waals surface area contributed by atoms with Gasteiger partial charge in [0.2, 0.25) is 6.23 Å². The minimum atomic E-state index is -0.155. The summed E-state index contributed by atoms with van der Waals surface area (Å²) in [6.07, 6.45) is 1.91. The molecule has 0 aromatic heterocycles. The number of hydrogen-bond donors (Lipinski definition) is 1. The van der Waals surface area contributed by atoms with Crippen LogP contribution in [0.2, 0.25) is 0 Å². The fourth-order valence-corrected chi connectivity index (χ4v) is 1.43. The van der Waals surface area contributed by atoms with Gasteiger partial charge in [0.15, 0.2) is 0 Å². The molecule has 0 aliphatic heterocycles. The summed E-state index contributed by atoms with van der Waals surface area (Å²) in [4.78, 5) is 4.24. The van der Waals surface area contributed by atoms with Gasteiger partial charge in [-0.3, -0.25) is 4.90 Å². The fraction of sp³-hybridized carbons (Fsp3) is 0.833. The van der Waals surface area contributed by atoms with Crippen LogP contribution in [0.3, 0.4) is 0 Å². The maximum absolute atomic E-state index is 7.58. The summed E-state index contributed by atoms with van der Waals surface area (Å²) >= 11 is 0. The Morgan fingerprint density at radius 3 is 2.38 bits per heavy atom. The highest BCUT2D eigenvalue weighted by Gasteiger charge is 2.15. The van der Waals surface area contributed by atoms with Crippen LogP contribution in [0.4, 0.5) is 0 Å². The highest BCUT2D eigenvalue weighted by Crippen LogP contribution is 2.05. The van der Waals surface area contributed by atoms with Crippen LogP contribution in [0.1, 0.15) is 27.7 Å². The van der Waals surface area contributed by atoms with Gasteiger partial charge in [-0.15, -0.1) is 0 Å². The molecule has 0 bridgehead atoms. The Balaban J connectivity index is 4.20. The molecule has 0 amide bonds. The molecule has 4 nitrogen and oxygen atoms in total. The zero-order valence-electron chi connectivity index (χ0n) is 11.3.